The van der Waals surface area contributed by atoms with Gasteiger partial charge in [-0.2, -0.15) is 0 Å². The Morgan fingerprint density at radius 2 is 1.06 bits per heavy atom. The molecule has 0 radical (unpaired) electrons. The van der Waals surface area contributed by atoms with Crippen molar-refractivity contribution >= 4 is 23.9 Å². The van der Waals surface area contributed by atoms with Gasteiger partial charge in [-0.1, -0.05) is 138 Å². The summed E-state index contributed by atoms with van der Waals surface area (Å²) in [4.78, 5) is 57.1. The number of rotatable bonds is 16. The molecule has 11 rings (SSSR count). The summed E-state index contributed by atoms with van der Waals surface area (Å²) >= 11 is 0. The van der Waals surface area contributed by atoms with Gasteiger partial charge in [-0.25, -0.2) is 19.2 Å². The van der Waals surface area contributed by atoms with Crippen molar-refractivity contribution in [1.29, 1.82) is 0 Å². The Bertz CT molecular complexity index is 3100. The fraction of sp³-hybridized carbons (Fsp3) is 0.521. The van der Waals surface area contributed by atoms with Crippen LogP contribution in [0.3, 0.4) is 0 Å². The maximum Gasteiger partial charge on any atom is 0.338 e. The van der Waals surface area contributed by atoms with Crippen LogP contribution in [0.5, 0.6) is 0 Å². The van der Waals surface area contributed by atoms with Gasteiger partial charge in [-0.15, -0.1) is 0 Å². The van der Waals surface area contributed by atoms with Gasteiger partial charge in [0.2, 0.25) is 0 Å². The summed E-state index contributed by atoms with van der Waals surface area (Å²) in [6.07, 6.45) is 0.0633. The van der Waals surface area contributed by atoms with E-state index in [-0.39, 0.29) is 74.4 Å². The first-order valence-corrected chi connectivity index (χ1v) is 30.5. The minimum absolute atomic E-state index is 0.0434. The number of hydrogen-bond donors (Lipinski definition) is 1. The average molecular weight is 1150 g/mol. The van der Waals surface area contributed by atoms with E-state index in [9.17, 15) is 24.3 Å². The normalized spacial score (nSPS) is 35.1. The zero-order valence-electron chi connectivity index (χ0n) is 50.0. The van der Waals surface area contributed by atoms with E-state index < -0.39 is 83.9 Å². The second-order valence-corrected chi connectivity index (χ2v) is 27.0. The molecular weight excluding hydrogens is 1060 g/mol. The van der Waals surface area contributed by atoms with Crippen molar-refractivity contribution in [3.63, 3.8) is 0 Å². The maximum atomic E-state index is 14.5. The summed E-state index contributed by atoms with van der Waals surface area (Å²) in [5, 5.41) is 11.2. The summed E-state index contributed by atoms with van der Waals surface area (Å²) < 4.78 is 54.1. The van der Waals surface area contributed by atoms with Crippen LogP contribution < -0.4 is 0 Å². The Balaban J connectivity index is 0.939. The molecule has 84 heavy (non-hydrogen) atoms. The van der Waals surface area contributed by atoms with Crippen LogP contribution in [0.25, 0.3) is 0 Å². The monoisotopic (exact) mass is 1140 g/mol. The number of ether oxygens (including phenoxy) is 8. The van der Waals surface area contributed by atoms with Gasteiger partial charge in [0.25, 0.3) is 0 Å². The highest BCUT2D eigenvalue weighted by Crippen LogP contribution is 2.76. The van der Waals surface area contributed by atoms with Crippen LogP contribution in [-0.4, -0.2) is 95.8 Å². The second kappa shape index (κ2) is 23.6. The van der Waals surface area contributed by atoms with Crippen LogP contribution in [0.15, 0.2) is 152 Å². The molecule has 0 amide bonds. The Morgan fingerprint density at radius 3 is 1.60 bits per heavy atom. The molecule has 2 aliphatic heterocycles. The molecule has 0 aromatic heterocycles. The minimum atomic E-state index is -1.54. The van der Waals surface area contributed by atoms with Crippen LogP contribution in [0.1, 0.15) is 160 Å². The van der Waals surface area contributed by atoms with Crippen molar-refractivity contribution in [2.75, 3.05) is 6.61 Å². The smallest absolute Gasteiger partial charge is 0.338 e. The fourth-order valence-electron chi connectivity index (χ4n) is 17.0. The van der Waals surface area contributed by atoms with Gasteiger partial charge < -0.3 is 43.0 Å². The standard InChI is InChI=1S/C71H84O13/c1-66(2)53-35-40-69(6)54(42-51(77-43-45-24-14-9-15-25-45)57-50(34-39-70(57,69)7)71(8)41-37-56(84-71)67(3,4)76)68(53,5)38-36-55(66)80-65-60(83-64(75)49-32-22-13-23-33-49)59(82-63(74)48-30-20-12-21-31-48)58(81-62(73)47-28-18-11-19-29-47)52(79-65)44-78-61(72)46-26-16-10-17-27-46/h9-33,50-60,65,76H,34-44H2,1-8H3/t50-,51+,52+,53+,54+,55-,56-,57-,58+,59-,60+,65-,68-,69+,70+,71-/m0/s1. The quantitative estimate of drug-likeness (QED) is 0.0565. The van der Waals surface area contributed by atoms with E-state index in [2.05, 4.69) is 65.8 Å². The summed E-state index contributed by atoms with van der Waals surface area (Å²) in [6.45, 7) is 18.3. The van der Waals surface area contributed by atoms with Gasteiger partial charge in [-0.3, -0.25) is 0 Å². The van der Waals surface area contributed by atoms with E-state index in [1.807, 2.05) is 19.9 Å². The first-order valence-electron chi connectivity index (χ1n) is 30.5. The Hall–Kier alpha value is -6.22. The molecule has 4 aliphatic carbocycles. The molecule has 6 fully saturated rings. The van der Waals surface area contributed by atoms with Gasteiger partial charge in [0.05, 0.1) is 58.4 Å². The number of esters is 4. The van der Waals surface area contributed by atoms with Crippen molar-refractivity contribution in [2.24, 2.45) is 45.3 Å². The molecule has 5 aromatic rings. The van der Waals surface area contributed by atoms with Gasteiger partial charge in [0.15, 0.2) is 24.6 Å². The summed E-state index contributed by atoms with van der Waals surface area (Å²) in [5.41, 5.74) is -0.0727. The van der Waals surface area contributed by atoms with Crippen molar-refractivity contribution in [3.8, 4) is 0 Å². The fourth-order valence-corrected chi connectivity index (χ4v) is 17.0. The number of carbonyl (C=O) groups excluding carboxylic acids is 4. The SMILES string of the molecule is CC(C)(O)[C@@H]1CC[C@@](C)([C@H]2CC[C@]3(C)[C@@H]2[C@H](OCc2ccccc2)C[C@@H]2[C@@]4(C)CC[C@H](O[C@@H]5O[C@H](COC(=O)c6ccccc6)[C@@H](OC(=O)c6ccccc6)[C@H](OC(=O)c6ccccc6)[C@H]5OC(=O)c5ccccc5)C(C)(C)[C@H]4CC[C@]23C)O1. The van der Waals surface area contributed by atoms with Gasteiger partial charge in [-0.05, 0) is 178 Å². The third-order valence-corrected chi connectivity index (χ3v) is 21.5. The van der Waals surface area contributed by atoms with Crippen LogP contribution in [0, 0.1) is 45.3 Å². The molecule has 2 heterocycles. The average Bonchev–Trinajstić information content (AvgIpc) is 1.49. The molecule has 446 valence electrons. The van der Waals surface area contributed by atoms with Gasteiger partial charge >= 0.3 is 23.9 Å². The molecule has 5 aromatic carbocycles. The largest absolute Gasteiger partial charge is 0.459 e. The van der Waals surface area contributed by atoms with E-state index in [0.29, 0.717) is 13.0 Å². The first kappa shape index (κ1) is 59.5. The molecule has 16 atom stereocenters. The third-order valence-electron chi connectivity index (χ3n) is 21.5. The van der Waals surface area contributed by atoms with E-state index >= 15 is 0 Å². The number of hydrogen-bond acceptors (Lipinski definition) is 13. The summed E-state index contributed by atoms with van der Waals surface area (Å²) in [6, 6.07) is 44.3. The van der Waals surface area contributed by atoms with Crippen molar-refractivity contribution < 1.29 is 62.2 Å². The lowest BCUT2D eigenvalue weighted by Crippen LogP contribution is -2.68. The van der Waals surface area contributed by atoms with Crippen LogP contribution in [-0.2, 0) is 44.5 Å². The lowest BCUT2D eigenvalue weighted by Gasteiger charge is -2.71. The highest BCUT2D eigenvalue weighted by atomic mass is 16.7. The lowest BCUT2D eigenvalue weighted by atomic mass is 9.35. The predicted molar refractivity (Wildman–Crippen MR) is 315 cm³/mol. The van der Waals surface area contributed by atoms with Gasteiger partial charge in [0, 0.05) is 0 Å². The summed E-state index contributed by atoms with van der Waals surface area (Å²) in [5.74, 6) is -2.01. The Morgan fingerprint density at radius 1 is 0.560 bits per heavy atom. The van der Waals surface area contributed by atoms with Crippen LogP contribution >= 0.6 is 0 Å². The molecule has 2 saturated heterocycles. The minimum Gasteiger partial charge on any atom is -0.459 e. The number of benzene rings is 5. The second-order valence-electron chi connectivity index (χ2n) is 27.0. The predicted octanol–water partition coefficient (Wildman–Crippen LogP) is 13.2. The topological polar surface area (TPSA) is 162 Å². The zero-order chi connectivity index (χ0) is 59.2. The highest BCUT2D eigenvalue weighted by molar-refractivity contribution is 5.91. The molecule has 0 unspecified atom stereocenters. The van der Waals surface area contributed by atoms with Gasteiger partial charge in [0.1, 0.15) is 12.7 Å². The molecule has 13 nitrogen and oxygen atoms in total. The Labute approximate surface area is 495 Å². The van der Waals surface area contributed by atoms with E-state index in [0.717, 1.165) is 56.9 Å². The van der Waals surface area contributed by atoms with Crippen molar-refractivity contribution in [2.45, 2.75) is 180 Å². The molecule has 6 aliphatic rings. The molecule has 4 saturated carbocycles. The molecule has 13 heteroatoms. The first-order chi connectivity index (χ1) is 40.1. The molecule has 1 N–H and O–H groups in total. The molecule has 0 bridgehead atoms. The van der Waals surface area contributed by atoms with Crippen molar-refractivity contribution in [3.05, 3.63) is 179 Å². The van der Waals surface area contributed by atoms with Crippen LogP contribution in [0.2, 0.25) is 0 Å². The number of carbonyl (C=O) groups is 4. The highest BCUT2D eigenvalue weighted by Gasteiger charge is 2.73. The van der Waals surface area contributed by atoms with E-state index in [1.54, 1.807) is 121 Å². The number of aliphatic hydroxyl groups is 1. The third kappa shape index (κ3) is 11.3. The van der Waals surface area contributed by atoms with Crippen molar-refractivity contribution in [1.82, 2.24) is 0 Å². The number of fused-ring (bicyclic) bond motifs is 5. The van der Waals surface area contributed by atoms with E-state index in [1.165, 1.54) is 0 Å². The lowest BCUT2D eigenvalue weighted by molar-refractivity contribution is -0.330. The molecule has 0 spiro atoms. The Kier molecular flexibility index (Phi) is 16.7. The summed E-state index contributed by atoms with van der Waals surface area (Å²) in [7, 11) is 0. The molecular formula is C71H84O13. The van der Waals surface area contributed by atoms with E-state index in [4.69, 9.17) is 37.9 Å². The zero-order valence-corrected chi connectivity index (χ0v) is 50.0. The maximum absolute atomic E-state index is 14.5. The van der Waals surface area contributed by atoms with Crippen LogP contribution in [0.4, 0.5) is 0 Å².